The van der Waals surface area contributed by atoms with Gasteiger partial charge >= 0.3 is 0 Å². The monoisotopic (exact) mass is 296 g/mol. The third-order valence-electron chi connectivity index (χ3n) is 4.30. The van der Waals surface area contributed by atoms with E-state index in [0.717, 1.165) is 37.0 Å². The second-order valence-electron chi connectivity index (χ2n) is 5.83. The van der Waals surface area contributed by atoms with E-state index in [1.807, 2.05) is 13.8 Å². The number of aryl methyl sites for hydroxylation is 2. The maximum atomic E-state index is 5.81. The Hall–Kier alpha value is -0.520. The van der Waals surface area contributed by atoms with Crippen LogP contribution in [-0.2, 0) is 11.3 Å². The smallest absolute Gasteiger partial charge is 0.208 e. The molecule has 2 atom stereocenters. The van der Waals surface area contributed by atoms with E-state index >= 15 is 0 Å². The second-order valence-corrected chi connectivity index (χ2v) is 6.98. The van der Waals surface area contributed by atoms with Crippen molar-refractivity contribution in [3.8, 4) is 0 Å². The molecule has 2 aliphatic heterocycles. The van der Waals surface area contributed by atoms with Crippen LogP contribution in [0.4, 0.5) is 0 Å². The van der Waals surface area contributed by atoms with Crippen molar-refractivity contribution in [2.24, 2.45) is 0 Å². The van der Waals surface area contributed by atoms with E-state index in [4.69, 9.17) is 9.15 Å². The average Bonchev–Trinajstić information content (AvgIpc) is 3.13. The Balaban J connectivity index is 1.67. The molecule has 5 heteroatoms. The molecule has 0 bridgehead atoms. The van der Waals surface area contributed by atoms with E-state index in [2.05, 4.69) is 21.6 Å². The molecule has 1 aromatic rings. The summed E-state index contributed by atoms with van der Waals surface area (Å²) in [5, 5.41) is 0. The Morgan fingerprint density at radius 1 is 1.35 bits per heavy atom. The van der Waals surface area contributed by atoms with Gasteiger partial charge in [0.15, 0.2) is 0 Å². The van der Waals surface area contributed by atoms with Crippen LogP contribution < -0.4 is 0 Å². The van der Waals surface area contributed by atoms with Crippen LogP contribution in [0.25, 0.3) is 0 Å². The summed E-state index contributed by atoms with van der Waals surface area (Å²) in [5.74, 6) is 4.30. The lowest BCUT2D eigenvalue weighted by atomic mass is 10.1. The summed E-state index contributed by atoms with van der Waals surface area (Å²) in [7, 11) is 0. The van der Waals surface area contributed by atoms with E-state index in [0.29, 0.717) is 12.1 Å². The number of hydrogen-bond acceptors (Lipinski definition) is 5. The van der Waals surface area contributed by atoms with Crippen molar-refractivity contribution >= 4 is 11.8 Å². The Bertz CT molecular complexity index is 418. The van der Waals surface area contributed by atoms with Crippen molar-refractivity contribution < 1.29 is 9.15 Å². The summed E-state index contributed by atoms with van der Waals surface area (Å²) in [5.41, 5.74) is 1.01. The zero-order valence-electron chi connectivity index (χ0n) is 12.4. The van der Waals surface area contributed by atoms with Gasteiger partial charge in [-0.25, -0.2) is 4.98 Å². The van der Waals surface area contributed by atoms with E-state index in [1.54, 1.807) is 0 Å². The van der Waals surface area contributed by atoms with E-state index < -0.39 is 0 Å². The maximum absolute atomic E-state index is 5.81. The molecule has 0 unspecified atom stereocenters. The summed E-state index contributed by atoms with van der Waals surface area (Å²) in [6.07, 6.45) is 4.07. The highest BCUT2D eigenvalue weighted by Gasteiger charge is 2.28. The summed E-state index contributed by atoms with van der Waals surface area (Å²) in [6.45, 7) is 6.76. The van der Waals surface area contributed by atoms with Crippen LogP contribution in [0, 0.1) is 13.8 Å². The Morgan fingerprint density at radius 3 is 2.85 bits per heavy atom. The van der Waals surface area contributed by atoms with Crippen molar-refractivity contribution in [3.63, 3.8) is 0 Å². The fourth-order valence-electron chi connectivity index (χ4n) is 2.98. The highest BCUT2D eigenvalue weighted by molar-refractivity contribution is 7.99. The third-order valence-corrected chi connectivity index (χ3v) is 5.44. The second kappa shape index (κ2) is 6.50. The van der Waals surface area contributed by atoms with Crippen LogP contribution in [0.2, 0.25) is 0 Å². The highest BCUT2D eigenvalue weighted by Crippen LogP contribution is 2.26. The molecule has 2 aliphatic rings. The molecule has 2 fully saturated rings. The minimum atomic E-state index is 0.401. The van der Waals surface area contributed by atoms with Gasteiger partial charge in [-0.05, 0) is 38.9 Å². The number of oxazole rings is 1. The Kier molecular flexibility index (Phi) is 4.68. The molecule has 4 nitrogen and oxygen atoms in total. The molecule has 0 N–H and O–H groups in total. The molecular formula is C15H24N2O2S. The quantitative estimate of drug-likeness (QED) is 0.835. The summed E-state index contributed by atoms with van der Waals surface area (Å²) in [6, 6.07) is 0.650. The first-order chi connectivity index (χ1) is 9.72. The largest absolute Gasteiger partial charge is 0.444 e. The van der Waals surface area contributed by atoms with Crippen LogP contribution in [0.3, 0.4) is 0 Å². The predicted octanol–water partition coefficient (Wildman–Crippen LogP) is 2.78. The molecule has 0 spiro atoms. The van der Waals surface area contributed by atoms with E-state index in [-0.39, 0.29) is 0 Å². The Labute approximate surface area is 125 Å². The van der Waals surface area contributed by atoms with Gasteiger partial charge in [-0.15, -0.1) is 0 Å². The lowest BCUT2D eigenvalue weighted by Crippen LogP contribution is -2.40. The molecule has 3 heterocycles. The molecule has 3 rings (SSSR count). The van der Waals surface area contributed by atoms with Gasteiger partial charge in [-0.2, -0.15) is 11.8 Å². The van der Waals surface area contributed by atoms with Gasteiger partial charge in [0.05, 0.1) is 18.3 Å². The molecule has 2 saturated heterocycles. The minimum absolute atomic E-state index is 0.401. The van der Waals surface area contributed by atoms with Crippen LogP contribution in [0.5, 0.6) is 0 Å². The van der Waals surface area contributed by atoms with Crippen molar-refractivity contribution in [3.05, 3.63) is 17.3 Å². The molecular weight excluding hydrogens is 272 g/mol. The SMILES string of the molecule is Cc1nc(CN(C[C@H]2CCCO2)[C@H]2CCSC2)oc1C. The minimum Gasteiger partial charge on any atom is -0.444 e. The normalized spacial score (nSPS) is 26.8. The van der Waals surface area contributed by atoms with Gasteiger partial charge < -0.3 is 9.15 Å². The van der Waals surface area contributed by atoms with Gasteiger partial charge in [0.1, 0.15) is 5.76 Å². The van der Waals surface area contributed by atoms with Crippen LogP contribution in [0.15, 0.2) is 4.42 Å². The number of nitrogens with zero attached hydrogens (tertiary/aromatic N) is 2. The molecule has 112 valence electrons. The zero-order valence-corrected chi connectivity index (χ0v) is 13.2. The zero-order chi connectivity index (χ0) is 13.9. The molecule has 0 radical (unpaired) electrons. The van der Waals surface area contributed by atoms with Crippen LogP contribution in [0.1, 0.15) is 36.6 Å². The molecule has 20 heavy (non-hydrogen) atoms. The molecule has 0 aromatic carbocycles. The van der Waals surface area contributed by atoms with Crippen molar-refractivity contribution in [2.45, 2.75) is 51.8 Å². The number of rotatable bonds is 5. The van der Waals surface area contributed by atoms with E-state index in [9.17, 15) is 0 Å². The third kappa shape index (κ3) is 3.38. The van der Waals surface area contributed by atoms with Gasteiger partial charge in [-0.3, -0.25) is 4.90 Å². The van der Waals surface area contributed by atoms with Crippen molar-refractivity contribution in [1.82, 2.24) is 9.88 Å². The topological polar surface area (TPSA) is 38.5 Å². The first-order valence-corrected chi connectivity index (χ1v) is 8.74. The molecule has 0 aliphatic carbocycles. The van der Waals surface area contributed by atoms with Crippen LogP contribution in [-0.4, -0.2) is 46.7 Å². The number of ether oxygens (including phenoxy) is 1. The van der Waals surface area contributed by atoms with Crippen molar-refractivity contribution in [2.75, 3.05) is 24.7 Å². The maximum Gasteiger partial charge on any atom is 0.208 e. The number of hydrogen-bond donors (Lipinski definition) is 0. The molecule has 1 aromatic heterocycles. The molecule has 0 amide bonds. The van der Waals surface area contributed by atoms with Gasteiger partial charge in [0, 0.05) is 24.9 Å². The summed E-state index contributed by atoms with van der Waals surface area (Å²) < 4.78 is 11.6. The van der Waals surface area contributed by atoms with Gasteiger partial charge in [-0.1, -0.05) is 0 Å². The lowest BCUT2D eigenvalue weighted by Gasteiger charge is -2.29. The summed E-state index contributed by atoms with van der Waals surface area (Å²) >= 11 is 2.05. The van der Waals surface area contributed by atoms with Crippen LogP contribution >= 0.6 is 11.8 Å². The van der Waals surface area contributed by atoms with E-state index in [1.165, 1.54) is 30.8 Å². The predicted molar refractivity (Wildman–Crippen MR) is 81.1 cm³/mol. The summed E-state index contributed by atoms with van der Waals surface area (Å²) in [4.78, 5) is 7.07. The molecule has 0 saturated carbocycles. The Morgan fingerprint density at radius 2 is 2.25 bits per heavy atom. The fourth-order valence-corrected chi connectivity index (χ4v) is 4.24. The van der Waals surface area contributed by atoms with Gasteiger partial charge in [0.25, 0.3) is 0 Å². The van der Waals surface area contributed by atoms with Gasteiger partial charge in [0.2, 0.25) is 5.89 Å². The number of aromatic nitrogens is 1. The first-order valence-electron chi connectivity index (χ1n) is 7.58. The van der Waals surface area contributed by atoms with Crippen molar-refractivity contribution in [1.29, 1.82) is 0 Å². The fraction of sp³-hybridized carbons (Fsp3) is 0.800. The first kappa shape index (κ1) is 14.4. The number of thioether (sulfide) groups is 1. The highest BCUT2D eigenvalue weighted by atomic mass is 32.2. The standard InChI is InChI=1S/C15H24N2O2S/c1-11-12(2)19-15(16-11)9-17(13-5-7-20-10-13)8-14-4-3-6-18-14/h13-14H,3-10H2,1-2H3/t13-,14+/m0/s1. The average molecular weight is 296 g/mol. The lowest BCUT2D eigenvalue weighted by molar-refractivity contribution is 0.0538.